The van der Waals surface area contributed by atoms with E-state index in [9.17, 15) is 0 Å². The molecule has 0 spiro atoms. The van der Waals surface area contributed by atoms with Gasteiger partial charge in [-0.2, -0.15) is 0 Å². The molecule has 0 nitrogen and oxygen atoms in total. The van der Waals surface area contributed by atoms with Crippen LogP contribution < -0.4 is 0 Å². The molecule has 0 heterocycles. The Morgan fingerprint density at radius 1 is 1.36 bits per heavy atom. The van der Waals surface area contributed by atoms with Crippen LogP contribution in [0.5, 0.6) is 0 Å². The molecule has 0 aromatic rings. The lowest BCUT2D eigenvalue weighted by atomic mass is 9.90. The Morgan fingerprint density at radius 3 is 1.91 bits per heavy atom. The summed E-state index contributed by atoms with van der Waals surface area (Å²) in [5.74, 6) is 1.24. The number of halogens is 1. The Balaban J connectivity index is 4.36. The van der Waals surface area contributed by atoms with Gasteiger partial charge < -0.3 is 0 Å². The van der Waals surface area contributed by atoms with E-state index < -0.39 is 0 Å². The maximum Gasteiger partial charge on any atom is 0.0436 e. The highest BCUT2D eigenvalue weighted by Crippen LogP contribution is 2.22. The van der Waals surface area contributed by atoms with Crippen molar-refractivity contribution in [2.45, 2.75) is 34.6 Å². The third kappa shape index (κ3) is 5.32. The standard InChI is InChI=1S/C10H19Cl/c1-8(2)9(7-11)6-10(3,4)5/h6,8H,7H2,1-5H3/b9-6+. The van der Waals surface area contributed by atoms with Crippen LogP contribution in [0.1, 0.15) is 34.6 Å². The first-order valence-electron chi connectivity index (χ1n) is 4.14. The van der Waals surface area contributed by atoms with Gasteiger partial charge in [0.1, 0.15) is 0 Å². The molecule has 0 aliphatic heterocycles. The normalized spacial score (nSPS) is 14.3. The average Bonchev–Trinajstić information content (AvgIpc) is 1.80. The molecule has 0 saturated carbocycles. The Morgan fingerprint density at radius 2 is 1.82 bits per heavy atom. The Labute approximate surface area is 75.6 Å². The van der Waals surface area contributed by atoms with Crippen molar-refractivity contribution >= 4 is 11.6 Å². The fourth-order valence-corrected chi connectivity index (χ4v) is 1.30. The third-order valence-electron chi connectivity index (χ3n) is 1.51. The average molecular weight is 175 g/mol. The molecule has 66 valence electrons. The highest BCUT2D eigenvalue weighted by molar-refractivity contribution is 6.19. The number of hydrogen-bond acceptors (Lipinski definition) is 0. The zero-order valence-electron chi connectivity index (χ0n) is 8.24. The Kier molecular flexibility index (Phi) is 4.17. The van der Waals surface area contributed by atoms with Crippen molar-refractivity contribution in [2.24, 2.45) is 11.3 Å². The Hall–Kier alpha value is 0.0300. The van der Waals surface area contributed by atoms with Crippen molar-refractivity contribution in [3.8, 4) is 0 Å². The lowest BCUT2D eigenvalue weighted by Crippen LogP contribution is -2.05. The smallest absolute Gasteiger partial charge is 0.0436 e. The summed E-state index contributed by atoms with van der Waals surface area (Å²) in [5, 5.41) is 0. The molecule has 0 radical (unpaired) electrons. The summed E-state index contributed by atoms with van der Waals surface area (Å²) in [6.45, 7) is 11.0. The van der Waals surface area contributed by atoms with Gasteiger partial charge in [0.05, 0.1) is 0 Å². The van der Waals surface area contributed by atoms with Crippen molar-refractivity contribution in [1.82, 2.24) is 0 Å². The summed E-state index contributed by atoms with van der Waals surface area (Å²) in [7, 11) is 0. The van der Waals surface area contributed by atoms with Gasteiger partial charge in [-0.3, -0.25) is 0 Å². The largest absolute Gasteiger partial charge is 0.122 e. The first-order chi connectivity index (χ1) is 4.87. The summed E-state index contributed by atoms with van der Waals surface area (Å²) >= 11 is 5.80. The van der Waals surface area contributed by atoms with Gasteiger partial charge in [-0.1, -0.05) is 46.3 Å². The monoisotopic (exact) mass is 174 g/mol. The molecule has 0 aromatic heterocycles. The van der Waals surface area contributed by atoms with E-state index in [0.29, 0.717) is 11.8 Å². The van der Waals surface area contributed by atoms with E-state index in [0.717, 1.165) is 0 Å². The minimum Gasteiger partial charge on any atom is -0.122 e. The summed E-state index contributed by atoms with van der Waals surface area (Å²) in [4.78, 5) is 0. The van der Waals surface area contributed by atoms with Crippen molar-refractivity contribution in [3.05, 3.63) is 11.6 Å². The molecule has 0 N–H and O–H groups in total. The maximum absolute atomic E-state index is 5.80. The minimum absolute atomic E-state index is 0.258. The summed E-state index contributed by atoms with van der Waals surface area (Å²) < 4.78 is 0. The van der Waals surface area contributed by atoms with Crippen LogP contribution >= 0.6 is 11.6 Å². The van der Waals surface area contributed by atoms with Crippen molar-refractivity contribution in [3.63, 3.8) is 0 Å². The van der Waals surface area contributed by atoms with E-state index in [1.165, 1.54) is 5.57 Å². The van der Waals surface area contributed by atoms with Crippen molar-refractivity contribution in [2.75, 3.05) is 5.88 Å². The van der Waals surface area contributed by atoms with Crippen LogP contribution in [0.25, 0.3) is 0 Å². The zero-order chi connectivity index (χ0) is 9.07. The van der Waals surface area contributed by atoms with Gasteiger partial charge >= 0.3 is 0 Å². The molecular weight excluding hydrogens is 156 g/mol. The minimum atomic E-state index is 0.258. The summed E-state index contributed by atoms with van der Waals surface area (Å²) in [6.07, 6.45) is 2.27. The number of allylic oxidation sites excluding steroid dienone is 2. The molecule has 0 aliphatic rings. The van der Waals surface area contributed by atoms with Gasteiger partial charge in [0.15, 0.2) is 0 Å². The van der Waals surface area contributed by atoms with Gasteiger partial charge in [-0.05, 0) is 11.3 Å². The van der Waals surface area contributed by atoms with E-state index in [-0.39, 0.29) is 5.41 Å². The van der Waals surface area contributed by atoms with E-state index in [4.69, 9.17) is 11.6 Å². The fourth-order valence-electron chi connectivity index (χ4n) is 0.916. The molecule has 11 heavy (non-hydrogen) atoms. The van der Waals surface area contributed by atoms with Crippen LogP contribution in [0.2, 0.25) is 0 Å². The van der Waals surface area contributed by atoms with Gasteiger partial charge in [-0.25, -0.2) is 0 Å². The molecule has 0 rings (SSSR count). The lowest BCUT2D eigenvalue weighted by Gasteiger charge is -2.17. The van der Waals surface area contributed by atoms with Crippen molar-refractivity contribution < 1.29 is 0 Å². The zero-order valence-corrected chi connectivity index (χ0v) is 9.00. The highest BCUT2D eigenvalue weighted by Gasteiger charge is 2.09. The van der Waals surface area contributed by atoms with E-state index in [1.54, 1.807) is 0 Å². The van der Waals surface area contributed by atoms with Crippen LogP contribution in [0, 0.1) is 11.3 Å². The van der Waals surface area contributed by atoms with Gasteiger partial charge in [-0.15, -0.1) is 11.6 Å². The number of alkyl halides is 1. The van der Waals surface area contributed by atoms with E-state index in [2.05, 4.69) is 40.7 Å². The maximum atomic E-state index is 5.80. The molecule has 1 heteroatoms. The second-order valence-corrected chi connectivity index (χ2v) is 4.64. The van der Waals surface area contributed by atoms with Crippen LogP contribution in [-0.2, 0) is 0 Å². The van der Waals surface area contributed by atoms with Gasteiger partial charge in [0.2, 0.25) is 0 Å². The Bertz CT molecular complexity index is 137. The molecule has 0 aromatic carbocycles. The van der Waals surface area contributed by atoms with Crippen LogP contribution in [-0.4, -0.2) is 5.88 Å². The molecule has 0 bridgehead atoms. The predicted octanol–water partition coefficient (Wildman–Crippen LogP) is 3.85. The number of hydrogen-bond donors (Lipinski definition) is 0. The molecule has 0 atom stereocenters. The fraction of sp³-hybridized carbons (Fsp3) is 0.800. The second-order valence-electron chi connectivity index (χ2n) is 4.37. The number of rotatable bonds is 2. The first-order valence-corrected chi connectivity index (χ1v) is 4.68. The predicted molar refractivity (Wildman–Crippen MR) is 53.1 cm³/mol. The van der Waals surface area contributed by atoms with Crippen LogP contribution in [0.4, 0.5) is 0 Å². The first kappa shape index (κ1) is 11.0. The topological polar surface area (TPSA) is 0 Å². The molecule has 0 amide bonds. The molecule has 0 unspecified atom stereocenters. The van der Waals surface area contributed by atoms with E-state index in [1.807, 2.05) is 0 Å². The van der Waals surface area contributed by atoms with Gasteiger partial charge in [0, 0.05) is 5.88 Å². The van der Waals surface area contributed by atoms with Crippen LogP contribution in [0.15, 0.2) is 11.6 Å². The molecule has 0 aliphatic carbocycles. The van der Waals surface area contributed by atoms with Gasteiger partial charge in [0.25, 0.3) is 0 Å². The van der Waals surface area contributed by atoms with Crippen LogP contribution in [0.3, 0.4) is 0 Å². The molecule has 0 fully saturated rings. The SMILES string of the molecule is CC(C)/C(=C/C(C)(C)C)CCl. The summed E-state index contributed by atoms with van der Waals surface area (Å²) in [5.41, 5.74) is 1.60. The van der Waals surface area contributed by atoms with Crippen molar-refractivity contribution in [1.29, 1.82) is 0 Å². The third-order valence-corrected chi connectivity index (χ3v) is 1.82. The lowest BCUT2D eigenvalue weighted by molar-refractivity contribution is 0.532. The van der Waals surface area contributed by atoms with E-state index >= 15 is 0 Å². The second kappa shape index (κ2) is 4.15. The highest BCUT2D eigenvalue weighted by atomic mass is 35.5. The summed E-state index contributed by atoms with van der Waals surface area (Å²) in [6, 6.07) is 0. The quantitative estimate of drug-likeness (QED) is 0.441. The molecule has 0 saturated heterocycles. The molecular formula is C10H19Cl.